The highest BCUT2D eigenvalue weighted by Gasteiger charge is 2.27. The van der Waals surface area contributed by atoms with Crippen LogP contribution in [0, 0.1) is 0 Å². The fourth-order valence-corrected chi connectivity index (χ4v) is 6.80. The lowest BCUT2D eigenvalue weighted by molar-refractivity contribution is -0.120. The molecule has 0 unspecified atom stereocenters. The largest absolute Gasteiger partial charge is 0.496 e. The van der Waals surface area contributed by atoms with Gasteiger partial charge in [0.1, 0.15) is 5.75 Å². The van der Waals surface area contributed by atoms with Crippen LogP contribution in [-0.4, -0.2) is 51.1 Å². The summed E-state index contributed by atoms with van der Waals surface area (Å²) in [5, 5.41) is 4.18. The van der Waals surface area contributed by atoms with Crippen molar-refractivity contribution in [2.75, 3.05) is 32.5 Å². The number of benzene rings is 2. The number of sulfonamides is 1. The molecule has 180 valence electrons. The van der Waals surface area contributed by atoms with Crippen LogP contribution in [0.4, 0.5) is 0 Å². The van der Waals surface area contributed by atoms with E-state index in [2.05, 4.69) is 5.32 Å². The SMILES string of the molecule is COc1ccc(S(=O)(=O)N2CCCC2)cc1CCC(=O)NCCSCc1c(Cl)cccc1Cl. The zero-order valence-electron chi connectivity index (χ0n) is 18.5. The average molecular weight is 532 g/mol. The standard InChI is InChI=1S/C23H28Cl2N2O4S2/c1-31-22-9-8-18(33(29,30)27-12-2-3-13-27)15-17(22)7-10-23(28)26-11-14-32-16-19-20(24)5-4-6-21(19)25/h4-6,8-9,15H,2-3,7,10-14,16H2,1H3,(H,26,28). The van der Waals surface area contributed by atoms with E-state index >= 15 is 0 Å². The topological polar surface area (TPSA) is 75.7 Å². The van der Waals surface area contributed by atoms with Crippen LogP contribution in [0.15, 0.2) is 41.3 Å². The number of rotatable bonds is 11. The molecule has 0 atom stereocenters. The van der Waals surface area contributed by atoms with Gasteiger partial charge in [-0.2, -0.15) is 16.1 Å². The molecule has 1 fully saturated rings. The minimum absolute atomic E-state index is 0.0961. The first-order valence-corrected chi connectivity index (χ1v) is 14.1. The summed E-state index contributed by atoms with van der Waals surface area (Å²) < 4.78 is 32.6. The predicted octanol–water partition coefficient (Wildman–Crippen LogP) is 4.77. The number of hydrogen-bond acceptors (Lipinski definition) is 5. The Morgan fingerprint density at radius 1 is 1.15 bits per heavy atom. The van der Waals surface area contributed by atoms with Crippen LogP contribution in [0.2, 0.25) is 10.0 Å². The molecule has 1 aliphatic heterocycles. The Kier molecular flexibility index (Phi) is 9.76. The van der Waals surface area contributed by atoms with Gasteiger partial charge in [-0.25, -0.2) is 8.42 Å². The van der Waals surface area contributed by atoms with Gasteiger partial charge in [-0.3, -0.25) is 4.79 Å². The van der Waals surface area contributed by atoms with Crippen molar-refractivity contribution in [2.24, 2.45) is 0 Å². The molecule has 3 rings (SSSR count). The molecule has 0 radical (unpaired) electrons. The van der Waals surface area contributed by atoms with Crippen LogP contribution < -0.4 is 10.1 Å². The first kappa shape index (κ1) is 26.2. The van der Waals surface area contributed by atoms with Gasteiger partial charge in [0, 0.05) is 47.6 Å². The van der Waals surface area contributed by atoms with Gasteiger partial charge in [-0.1, -0.05) is 29.3 Å². The van der Waals surface area contributed by atoms with Gasteiger partial charge in [0.25, 0.3) is 0 Å². The minimum Gasteiger partial charge on any atom is -0.496 e. The number of carbonyl (C=O) groups is 1. The van der Waals surface area contributed by atoms with E-state index in [1.807, 2.05) is 18.2 Å². The summed E-state index contributed by atoms with van der Waals surface area (Å²) >= 11 is 14.0. The Hall–Kier alpha value is -1.45. The van der Waals surface area contributed by atoms with E-state index in [1.165, 1.54) is 11.4 Å². The zero-order valence-corrected chi connectivity index (χ0v) is 21.6. The van der Waals surface area contributed by atoms with Crippen LogP contribution in [0.25, 0.3) is 0 Å². The van der Waals surface area contributed by atoms with Gasteiger partial charge in [0.2, 0.25) is 15.9 Å². The van der Waals surface area contributed by atoms with Crippen molar-refractivity contribution in [3.63, 3.8) is 0 Å². The summed E-state index contributed by atoms with van der Waals surface area (Å²) in [4.78, 5) is 12.6. The normalized spacial score (nSPS) is 14.4. The first-order valence-electron chi connectivity index (χ1n) is 10.8. The number of nitrogens with one attached hydrogen (secondary N) is 1. The number of carbonyl (C=O) groups excluding carboxylic acids is 1. The third-order valence-electron chi connectivity index (χ3n) is 5.45. The maximum absolute atomic E-state index is 12.9. The van der Waals surface area contributed by atoms with Crippen molar-refractivity contribution in [3.05, 3.63) is 57.6 Å². The monoisotopic (exact) mass is 530 g/mol. The van der Waals surface area contributed by atoms with E-state index in [-0.39, 0.29) is 17.2 Å². The minimum atomic E-state index is -3.52. The summed E-state index contributed by atoms with van der Waals surface area (Å²) in [5.74, 6) is 1.88. The molecule has 1 aliphatic rings. The van der Waals surface area contributed by atoms with E-state index in [4.69, 9.17) is 27.9 Å². The quantitative estimate of drug-likeness (QED) is 0.423. The summed E-state index contributed by atoms with van der Waals surface area (Å²) in [6.45, 7) is 1.62. The van der Waals surface area contributed by atoms with Crippen LogP contribution in [0.5, 0.6) is 5.75 Å². The van der Waals surface area contributed by atoms with E-state index in [9.17, 15) is 13.2 Å². The van der Waals surface area contributed by atoms with Crippen LogP contribution in [-0.2, 0) is 27.0 Å². The second-order valence-corrected chi connectivity index (χ2v) is 11.5. The van der Waals surface area contributed by atoms with Crippen LogP contribution in [0.3, 0.4) is 0 Å². The van der Waals surface area contributed by atoms with E-state index in [0.29, 0.717) is 53.2 Å². The summed E-state index contributed by atoms with van der Waals surface area (Å²) in [6, 6.07) is 10.3. The molecular formula is C23H28Cl2N2O4S2. The molecular weight excluding hydrogens is 503 g/mol. The first-order chi connectivity index (χ1) is 15.8. The Morgan fingerprint density at radius 2 is 1.85 bits per heavy atom. The molecule has 0 saturated carbocycles. The zero-order chi connectivity index (χ0) is 23.8. The molecule has 1 heterocycles. The molecule has 0 aliphatic carbocycles. The summed E-state index contributed by atoms with van der Waals surface area (Å²) in [5.41, 5.74) is 1.60. The molecule has 2 aromatic carbocycles. The second-order valence-electron chi connectivity index (χ2n) is 7.69. The molecule has 1 amide bonds. The average Bonchev–Trinajstić information content (AvgIpc) is 3.35. The number of nitrogens with zero attached hydrogens (tertiary/aromatic N) is 1. The smallest absolute Gasteiger partial charge is 0.243 e. The number of hydrogen-bond donors (Lipinski definition) is 1. The number of halogens is 2. The Labute approximate surface area is 210 Å². The van der Waals surface area contributed by atoms with Crippen LogP contribution >= 0.6 is 35.0 Å². The van der Waals surface area contributed by atoms with Gasteiger partial charge in [-0.05, 0) is 60.7 Å². The van der Waals surface area contributed by atoms with Crippen molar-refractivity contribution >= 4 is 50.9 Å². The van der Waals surface area contributed by atoms with Crippen molar-refractivity contribution in [1.29, 1.82) is 0 Å². The number of methoxy groups -OCH3 is 1. The maximum atomic E-state index is 12.9. The summed E-state index contributed by atoms with van der Waals surface area (Å²) in [6.07, 6.45) is 2.39. The van der Waals surface area contributed by atoms with Gasteiger partial charge in [-0.15, -0.1) is 0 Å². The fourth-order valence-electron chi connectivity index (χ4n) is 3.63. The molecule has 10 heteroatoms. The number of ether oxygens (including phenoxy) is 1. The molecule has 0 bridgehead atoms. The number of aryl methyl sites for hydroxylation is 1. The van der Waals surface area contributed by atoms with Gasteiger partial charge >= 0.3 is 0 Å². The molecule has 1 saturated heterocycles. The van der Waals surface area contributed by atoms with Crippen molar-refractivity contribution in [1.82, 2.24) is 9.62 Å². The van der Waals surface area contributed by atoms with Crippen molar-refractivity contribution in [2.45, 2.75) is 36.3 Å². The number of amides is 1. The summed E-state index contributed by atoms with van der Waals surface area (Å²) in [7, 11) is -1.98. The van der Waals surface area contributed by atoms with Crippen molar-refractivity contribution < 1.29 is 17.9 Å². The van der Waals surface area contributed by atoms with E-state index in [1.54, 1.807) is 30.0 Å². The van der Waals surface area contributed by atoms with Gasteiger partial charge in [0.15, 0.2) is 0 Å². The predicted molar refractivity (Wildman–Crippen MR) is 135 cm³/mol. The lowest BCUT2D eigenvalue weighted by Crippen LogP contribution is -2.28. The molecule has 2 aromatic rings. The Balaban J connectivity index is 1.49. The van der Waals surface area contributed by atoms with E-state index in [0.717, 1.165) is 24.2 Å². The molecule has 6 nitrogen and oxygen atoms in total. The fraction of sp³-hybridized carbons (Fsp3) is 0.435. The molecule has 33 heavy (non-hydrogen) atoms. The lowest BCUT2D eigenvalue weighted by Gasteiger charge is -2.17. The van der Waals surface area contributed by atoms with E-state index < -0.39 is 10.0 Å². The lowest BCUT2D eigenvalue weighted by atomic mass is 10.1. The van der Waals surface area contributed by atoms with Gasteiger partial charge < -0.3 is 10.1 Å². The Bertz CT molecular complexity index is 1050. The second kappa shape index (κ2) is 12.3. The third kappa shape index (κ3) is 7.02. The number of thioether (sulfide) groups is 1. The van der Waals surface area contributed by atoms with Gasteiger partial charge in [0.05, 0.1) is 12.0 Å². The van der Waals surface area contributed by atoms with Crippen molar-refractivity contribution in [3.8, 4) is 5.75 Å². The maximum Gasteiger partial charge on any atom is 0.243 e. The highest BCUT2D eigenvalue weighted by Crippen LogP contribution is 2.29. The highest BCUT2D eigenvalue weighted by atomic mass is 35.5. The third-order valence-corrected chi connectivity index (χ3v) is 9.04. The highest BCUT2D eigenvalue weighted by molar-refractivity contribution is 7.98. The molecule has 0 aromatic heterocycles. The Morgan fingerprint density at radius 3 is 2.52 bits per heavy atom. The molecule has 1 N–H and O–H groups in total. The molecule has 0 spiro atoms. The van der Waals surface area contributed by atoms with Crippen LogP contribution in [0.1, 0.15) is 30.4 Å².